The maximum Gasteiger partial charge on any atom is 0.243 e. The molecule has 23 heavy (non-hydrogen) atoms. The minimum atomic E-state index is -0.361. The van der Waals surface area contributed by atoms with Crippen molar-refractivity contribution in [1.82, 2.24) is 10.2 Å². The third kappa shape index (κ3) is 4.64. The molecule has 1 saturated heterocycles. The SMILES string of the molecule is CCC(C)NC(=O)C1CSCN1C(=O)Cc1ccc(OC)cc1. The van der Waals surface area contributed by atoms with Crippen LogP contribution in [0.3, 0.4) is 0 Å². The summed E-state index contributed by atoms with van der Waals surface area (Å²) in [5.41, 5.74) is 0.925. The molecule has 1 fully saturated rings. The zero-order chi connectivity index (χ0) is 16.8. The van der Waals surface area contributed by atoms with Crippen LogP contribution in [-0.2, 0) is 16.0 Å². The zero-order valence-electron chi connectivity index (χ0n) is 13.9. The molecule has 1 aliphatic heterocycles. The second-order valence-electron chi connectivity index (χ2n) is 5.72. The number of rotatable bonds is 6. The number of amides is 2. The first-order chi connectivity index (χ1) is 11.0. The number of nitrogens with zero attached hydrogens (tertiary/aromatic N) is 1. The Morgan fingerprint density at radius 2 is 2.09 bits per heavy atom. The van der Waals surface area contributed by atoms with Crippen LogP contribution in [0, 0.1) is 0 Å². The van der Waals surface area contributed by atoms with E-state index in [1.807, 2.05) is 38.1 Å². The summed E-state index contributed by atoms with van der Waals surface area (Å²) in [5, 5.41) is 2.97. The van der Waals surface area contributed by atoms with E-state index in [-0.39, 0.29) is 23.9 Å². The van der Waals surface area contributed by atoms with Gasteiger partial charge in [-0.3, -0.25) is 9.59 Å². The van der Waals surface area contributed by atoms with Gasteiger partial charge in [-0.05, 0) is 31.0 Å². The highest BCUT2D eigenvalue weighted by Gasteiger charge is 2.34. The van der Waals surface area contributed by atoms with Crippen LogP contribution in [0.1, 0.15) is 25.8 Å². The summed E-state index contributed by atoms with van der Waals surface area (Å²) in [4.78, 5) is 26.6. The Bertz CT molecular complexity index is 547. The van der Waals surface area contributed by atoms with Crippen molar-refractivity contribution in [3.8, 4) is 5.75 Å². The second-order valence-corrected chi connectivity index (χ2v) is 6.72. The van der Waals surface area contributed by atoms with Crippen molar-refractivity contribution in [2.45, 2.75) is 38.8 Å². The van der Waals surface area contributed by atoms with Gasteiger partial charge < -0.3 is 15.0 Å². The summed E-state index contributed by atoms with van der Waals surface area (Å²) in [5.74, 6) is 1.95. The smallest absolute Gasteiger partial charge is 0.243 e. The molecule has 1 aromatic rings. The normalized spacial score (nSPS) is 18.6. The van der Waals surface area contributed by atoms with Gasteiger partial charge >= 0.3 is 0 Å². The molecule has 1 aromatic carbocycles. The highest BCUT2D eigenvalue weighted by molar-refractivity contribution is 7.99. The van der Waals surface area contributed by atoms with Gasteiger partial charge in [-0.2, -0.15) is 0 Å². The lowest BCUT2D eigenvalue weighted by Crippen LogP contribution is -2.49. The Balaban J connectivity index is 1.98. The number of ether oxygens (including phenoxy) is 1. The summed E-state index contributed by atoms with van der Waals surface area (Å²) in [6, 6.07) is 7.22. The van der Waals surface area contributed by atoms with Crippen molar-refractivity contribution in [3.63, 3.8) is 0 Å². The summed E-state index contributed by atoms with van der Waals surface area (Å²) >= 11 is 1.62. The van der Waals surface area contributed by atoms with Crippen molar-refractivity contribution in [2.75, 3.05) is 18.7 Å². The van der Waals surface area contributed by atoms with E-state index in [0.29, 0.717) is 18.1 Å². The predicted octanol–water partition coefficient (Wildman–Crippen LogP) is 2.05. The number of hydrogen-bond acceptors (Lipinski definition) is 4. The molecular formula is C17H24N2O3S. The van der Waals surface area contributed by atoms with Gasteiger partial charge in [-0.1, -0.05) is 19.1 Å². The lowest BCUT2D eigenvalue weighted by atomic mass is 10.1. The molecule has 0 spiro atoms. The Morgan fingerprint density at radius 1 is 1.39 bits per heavy atom. The summed E-state index contributed by atoms with van der Waals surface area (Å²) in [7, 11) is 1.61. The molecule has 0 aliphatic carbocycles. The quantitative estimate of drug-likeness (QED) is 0.864. The highest BCUT2D eigenvalue weighted by Crippen LogP contribution is 2.23. The average Bonchev–Trinajstić information content (AvgIpc) is 3.05. The molecule has 2 rings (SSSR count). The van der Waals surface area contributed by atoms with Gasteiger partial charge in [0.25, 0.3) is 0 Å². The molecule has 2 unspecified atom stereocenters. The molecule has 0 aromatic heterocycles. The van der Waals surface area contributed by atoms with E-state index in [9.17, 15) is 9.59 Å². The van der Waals surface area contributed by atoms with Crippen LogP contribution in [0.15, 0.2) is 24.3 Å². The first kappa shape index (κ1) is 17.7. The average molecular weight is 336 g/mol. The number of hydrogen-bond donors (Lipinski definition) is 1. The van der Waals surface area contributed by atoms with Crippen molar-refractivity contribution in [1.29, 1.82) is 0 Å². The molecule has 0 saturated carbocycles. The number of benzene rings is 1. The molecule has 0 radical (unpaired) electrons. The molecule has 2 amide bonds. The third-order valence-corrected chi connectivity index (χ3v) is 5.03. The lowest BCUT2D eigenvalue weighted by Gasteiger charge is -2.24. The number of methoxy groups -OCH3 is 1. The predicted molar refractivity (Wildman–Crippen MR) is 92.6 cm³/mol. The molecule has 0 bridgehead atoms. The van der Waals surface area contributed by atoms with E-state index >= 15 is 0 Å². The van der Waals surface area contributed by atoms with E-state index in [2.05, 4.69) is 5.32 Å². The minimum absolute atomic E-state index is 0.00975. The highest BCUT2D eigenvalue weighted by atomic mass is 32.2. The van der Waals surface area contributed by atoms with E-state index in [1.165, 1.54) is 0 Å². The molecule has 1 N–H and O–H groups in total. The van der Waals surface area contributed by atoms with Gasteiger partial charge in [0.15, 0.2) is 0 Å². The van der Waals surface area contributed by atoms with Crippen LogP contribution in [0.25, 0.3) is 0 Å². The summed E-state index contributed by atoms with van der Waals surface area (Å²) in [6.07, 6.45) is 1.18. The van der Waals surface area contributed by atoms with E-state index in [0.717, 1.165) is 17.7 Å². The molecule has 2 atom stereocenters. The van der Waals surface area contributed by atoms with E-state index in [4.69, 9.17) is 4.74 Å². The van der Waals surface area contributed by atoms with Crippen LogP contribution in [0.5, 0.6) is 5.75 Å². The summed E-state index contributed by atoms with van der Waals surface area (Å²) in [6.45, 7) is 4.00. The second kappa shape index (κ2) is 8.24. The molecule has 6 heteroatoms. The molecule has 1 heterocycles. The van der Waals surface area contributed by atoms with Gasteiger partial charge in [0.05, 0.1) is 19.4 Å². The maximum atomic E-state index is 12.5. The lowest BCUT2D eigenvalue weighted by molar-refractivity contribution is -0.137. The monoisotopic (exact) mass is 336 g/mol. The Kier molecular flexibility index (Phi) is 6.33. The fraction of sp³-hybridized carbons (Fsp3) is 0.529. The molecular weight excluding hydrogens is 312 g/mol. The van der Waals surface area contributed by atoms with Crippen LogP contribution < -0.4 is 10.1 Å². The van der Waals surface area contributed by atoms with Crippen LogP contribution in [0.2, 0.25) is 0 Å². The molecule has 5 nitrogen and oxygen atoms in total. The standard InChI is InChI=1S/C17H24N2O3S/c1-4-12(2)18-17(21)15-10-23-11-19(15)16(20)9-13-5-7-14(22-3)8-6-13/h5-8,12,15H,4,9-11H2,1-3H3,(H,18,21). The molecule has 1 aliphatic rings. The van der Waals surface area contributed by atoms with Gasteiger partial charge in [0, 0.05) is 11.8 Å². The zero-order valence-corrected chi connectivity index (χ0v) is 14.7. The number of carbonyl (C=O) groups is 2. The largest absolute Gasteiger partial charge is 0.497 e. The Morgan fingerprint density at radius 3 is 2.70 bits per heavy atom. The topological polar surface area (TPSA) is 58.6 Å². The van der Waals surface area contributed by atoms with Crippen LogP contribution in [0.4, 0.5) is 0 Å². The van der Waals surface area contributed by atoms with Gasteiger partial charge in [-0.25, -0.2) is 0 Å². The number of nitrogens with one attached hydrogen (secondary N) is 1. The van der Waals surface area contributed by atoms with Crippen molar-refractivity contribution < 1.29 is 14.3 Å². The van der Waals surface area contributed by atoms with Gasteiger partial charge in [0.1, 0.15) is 11.8 Å². The fourth-order valence-corrected chi connectivity index (χ4v) is 3.55. The Labute approximate surface area is 141 Å². The maximum absolute atomic E-state index is 12.5. The first-order valence-corrected chi connectivity index (χ1v) is 9.01. The van der Waals surface area contributed by atoms with Gasteiger partial charge in [0.2, 0.25) is 11.8 Å². The summed E-state index contributed by atoms with van der Waals surface area (Å²) < 4.78 is 5.12. The van der Waals surface area contributed by atoms with E-state index < -0.39 is 0 Å². The van der Waals surface area contributed by atoms with Gasteiger partial charge in [-0.15, -0.1) is 11.8 Å². The number of thioether (sulfide) groups is 1. The van der Waals surface area contributed by atoms with Crippen LogP contribution >= 0.6 is 11.8 Å². The molecule has 126 valence electrons. The minimum Gasteiger partial charge on any atom is -0.497 e. The Hall–Kier alpha value is -1.69. The van der Waals surface area contributed by atoms with Crippen molar-refractivity contribution in [2.24, 2.45) is 0 Å². The van der Waals surface area contributed by atoms with Crippen LogP contribution in [-0.4, -0.2) is 47.5 Å². The van der Waals surface area contributed by atoms with E-state index in [1.54, 1.807) is 23.8 Å². The third-order valence-electron chi connectivity index (χ3n) is 4.02. The number of carbonyl (C=O) groups excluding carboxylic acids is 2. The fourth-order valence-electron chi connectivity index (χ4n) is 2.37. The van der Waals surface area contributed by atoms with Crippen molar-refractivity contribution >= 4 is 23.6 Å². The van der Waals surface area contributed by atoms with Crippen molar-refractivity contribution in [3.05, 3.63) is 29.8 Å². The first-order valence-electron chi connectivity index (χ1n) is 7.85.